The second-order valence-electron chi connectivity index (χ2n) is 11.1. The summed E-state index contributed by atoms with van der Waals surface area (Å²) in [6.07, 6.45) is 8.26. The lowest BCUT2D eigenvalue weighted by atomic mass is 9.95. The third kappa shape index (κ3) is 3.54. The van der Waals surface area contributed by atoms with Crippen LogP contribution in [0.5, 0.6) is 0 Å². The van der Waals surface area contributed by atoms with E-state index in [2.05, 4.69) is 74.5 Å². The van der Waals surface area contributed by atoms with Crippen molar-refractivity contribution >= 4 is 55.5 Å². The number of amidine groups is 1. The minimum absolute atomic E-state index is 0.102. The summed E-state index contributed by atoms with van der Waals surface area (Å²) in [6, 6.07) is 22.6. The minimum Gasteiger partial charge on any atom is -0.377 e. The first-order chi connectivity index (χ1) is 21.1. The Morgan fingerprint density at radius 3 is 1.93 bits per heavy atom. The van der Waals surface area contributed by atoms with E-state index in [9.17, 15) is 0 Å². The first-order valence-electron chi connectivity index (χ1n) is 14.2. The Kier molecular flexibility index (Phi) is 4.90. The molecule has 9 heteroatoms. The van der Waals surface area contributed by atoms with E-state index in [1.807, 2.05) is 50.5 Å². The highest BCUT2D eigenvalue weighted by molar-refractivity contribution is 6.00. The fourth-order valence-corrected chi connectivity index (χ4v) is 6.26. The van der Waals surface area contributed by atoms with Gasteiger partial charge in [0.1, 0.15) is 39.4 Å². The van der Waals surface area contributed by atoms with Gasteiger partial charge in [-0.3, -0.25) is 0 Å². The van der Waals surface area contributed by atoms with Crippen molar-refractivity contribution in [2.24, 2.45) is 30.9 Å². The van der Waals surface area contributed by atoms with Crippen LogP contribution in [-0.2, 0) is 0 Å². The maximum atomic E-state index is 5.16. The molecule has 0 fully saturated rings. The SMILES string of the molecule is CN(C)c1cccc2c3[nH]c(c12)=NC1=C2C=CC=CC2C(=N1)N=c1[nH]/c(c2ccccc12)=N\c1[nH]c(c2ccccc12)N=3. The lowest BCUT2D eigenvalue weighted by Gasteiger charge is -2.13. The Morgan fingerprint density at radius 1 is 0.581 bits per heavy atom. The fraction of sp³-hybridized carbons (Fsp3) is 0.0882. The number of aromatic amines is 3. The molecule has 1 unspecified atom stereocenters. The van der Waals surface area contributed by atoms with E-state index in [1.165, 1.54) is 0 Å². The normalized spacial score (nSPS) is 17.8. The maximum Gasteiger partial charge on any atom is 0.160 e. The van der Waals surface area contributed by atoms with Crippen molar-refractivity contribution in [3.63, 3.8) is 0 Å². The van der Waals surface area contributed by atoms with Crippen LogP contribution in [0, 0.1) is 5.92 Å². The van der Waals surface area contributed by atoms with E-state index in [-0.39, 0.29) is 5.92 Å². The number of nitrogens with zero attached hydrogens (tertiary/aromatic N) is 6. The summed E-state index contributed by atoms with van der Waals surface area (Å²) < 4.78 is 0. The van der Waals surface area contributed by atoms with Crippen LogP contribution in [-0.4, -0.2) is 34.9 Å². The molecule has 0 saturated carbocycles. The summed E-state index contributed by atoms with van der Waals surface area (Å²) in [6.45, 7) is 0. The summed E-state index contributed by atoms with van der Waals surface area (Å²) in [5.41, 5.74) is 4.90. The molecule has 1 atom stereocenters. The van der Waals surface area contributed by atoms with Gasteiger partial charge in [0.2, 0.25) is 0 Å². The predicted octanol–water partition coefficient (Wildman–Crippen LogP) is 4.72. The number of anilines is 1. The molecule has 206 valence electrons. The lowest BCUT2D eigenvalue weighted by molar-refractivity contribution is 1.02. The number of aliphatic imine (C=N–C) groups is 1. The van der Waals surface area contributed by atoms with E-state index in [1.54, 1.807) is 0 Å². The zero-order valence-corrected chi connectivity index (χ0v) is 23.4. The molecule has 9 nitrogen and oxygen atoms in total. The molecule has 3 aliphatic rings. The molecule has 8 bridgehead atoms. The number of H-pyrrole nitrogens is 3. The van der Waals surface area contributed by atoms with Gasteiger partial charge in [-0.05, 0) is 6.07 Å². The Bertz CT molecular complexity index is 2550. The highest BCUT2D eigenvalue weighted by Crippen LogP contribution is 2.34. The fourth-order valence-electron chi connectivity index (χ4n) is 6.26. The summed E-state index contributed by atoms with van der Waals surface area (Å²) >= 11 is 0. The Morgan fingerprint density at radius 2 is 1.21 bits per heavy atom. The van der Waals surface area contributed by atoms with Crippen LogP contribution in [0.1, 0.15) is 0 Å². The Hall–Kier alpha value is -5.83. The first kappa shape index (κ1) is 23.8. The monoisotopic (exact) mass is 559 g/mol. The number of hydrogen-bond donors (Lipinski definition) is 3. The van der Waals surface area contributed by atoms with Gasteiger partial charge < -0.3 is 19.9 Å². The molecular weight excluding hydrogens is 534 g/mol. The smallest absolute Gasteiger partial charge is 0.160 e. The Labute approximate surface area is 244 Å². The highest BCUT2D eigenvalue weighted by atomic mass is 15.1. The van der Waals surface area contributed by atoms with Crippen LogP contribution in [0.25, 0.3) is 32.3 Å². The summed E-state index contributed by atoms with van der Waals surface area (Å²) in [5, 5.41) is 5.87. The highest BCUT2D eigenvalue weighted by Gasteiger charge is 2.28. The molecule has 0 saturated heterocycles. The van der Waals surface area contributed by atoms with Crippen LogP contribution in [0.4, 0.5) is 17.3 Å². The van der Waals surface area contributed by atoms with Crippen molar-refractivity contribution < 1.29 is 0 Å². The van der Waals surface area contributed by atoms with E-state index < -0.39 is 0 Å². The molecule has 6 aromatic rings. The average Bonchev–Trinajstić information content (AvgIpc) is 3.76. The van der Waals surface area contributed by atoms with Crippen molar-refractivity contribution in [2.45, 2.75) is 0 Å². The van der Waals surface area contributed by atoms with Gasteiger partial charge in [0.05, 0.1) is 11.3 Å². The van der Waals surface area contributed by atoms with E-state index in [0.29, 0.717) is 28.1 Å². The predicted molar refractivity (Wildman–Crippen MR) is 169 cm³/mol. The van der Waals surface area contributed by atoms with Crippen molar-refractivity contribution in [1.29, 1.82) is 0 Å². The number of rotatable bonds is 1. The van der Waals surface area contributed by atoms with Crippen molar-refractivity contribution in [2.75, 3.05) is 19.0 Å². The molecule has 0 spiro atoms. The van der Waals surface area contributed by atoms with Gasteiger partial charge in [-0.1, -0.05) is 85.0 Å². The van der Waals surface area contributed by atoms with Gasteiger partial charge in [-0.15, -0.1) is 0 Å². The largest absolute Gasteiger partial charge is 0.377 e. The van der Waals surface area contributed by atoms with Gasteiger partial charge in [-0.2, -0.15) is 0 Å². The number of fused-ring (bicyclic) bond motifs is 18. The zero-order chi connectivity index (χ0) is 28.7. The number of benzene rings is 3. The third-order valence-corrected chi connectivity index (χ3v) is 8.27. The van der Waals surface area contributed by atoms with Crippen molar-refractivity contribution in [3.8, 4) is 0 Å². The molecule has 3 aromatic heterocycles. The molecule has 43 heavy (non-hydrogen) atoms. The molecule has 3 N–H and O–H groups in total. The quantitative estimate of drug-likeness (QED) is 0.266. The topological polar surface area (TPSA) is 112 Å². The second kappa shape index (κ2) is 8.83. The molecule has 3 aromatic carbocycles. The van der Waals surface area contributed by atoms with Crippen LogP contribution >= 0.6 is 0 Å². The summed E-state index contributed by atoms with van der Waals surface area (Å²) in [7, 11) is 4.08. The first-order valence-corrected chi connectivity index (χ1v) is 14.2. The lowest BCUT2D eigenvalue weighted by Crippen LogP contribution is -2.17. The molecule has 9 rings (SSSR count). The van der Waals surface area contributed by atoms with Crippen LogP contribution in [0.15, 0.2) is 127 Å². The van der Waals surface area contributed by atoms with Crippen LogP contribution in [0.3, 0.4) is 0 Å². The number of aromatic nitrogens is 3. The molecule has 5 heterocycles. The average molecular weight is 560 g/mol. The zero-order valence-electron chi connectivity index (χ0n) is 23.4. The molecule has 1 aliphatic carbocycles. The van der Waals surface area contributed by atoms with Gasteiger partial charge in [-0.25, -0.2) is 25.0 Å². The molecule has 2 aliphatic heterocycles. The van der Waals surface area contributed by atoms with Crippen molar-refractivity contribution in [1.82, 2.24) is 15.0 Å². The third-order valence-electron chi connectivity index (χ3n) is 8.27. The van der Waals surface area contributed by atoms with Crippen LogP contribution in [0.2, 0.25) is 0 Å². The second-order valence-corrected chi connectivity index (χ2v) is 11.1. The molecule has 0 amide bonds. The van der Waals surface area contributed by atoms with E-state index in [0.717, 1.165) is 60.7 Å². The van der Waals surface area contributed by atoms with Gasteiger partial charge >= 0.3 is 0 Å². The summed E-state index contributed by atoms with van der Waals surface area (Å²) in [4.78, 5) is 38.2. The Balaban J connectivity index is 1.47. The molecular formula is C34H25N9. The van der Waals surface area contributed by atoms with E-state index >= 15 is 0 Å². The van der Waals surface area contributed by atoms with Gasteiger partial charge in [0, 0.05) is 52.3 Å². The minimum atomic E-state index is -0.102. The number of hydrogen-bond acceptors (Lipinski definition) is 6. The van der Waals surface area contributed by atoms with Crippen molar-refractivity contribution in [3.05, 3.63) is 124 Å². The standard InChI is InChI=1S/C34H25N9/c1-43(2)25-17-9-16-24-26(25)34-41-32-23-15-8-7-14-22(23)30(39-32)37-28-19-11-4-3-10-18(19)27(35-28)36-29-20-12-5-6-13-21(20)31(38-29)40-33(24)42-34/h3-17,22,38H,1-2H3,(H,40,41,42)(H,35,36,37,39). The maximum absolute atomic E-state index is 5.16. The number of nitrogens with one attached hydrogen (secondary N) is 3. The summed E-state index contributed by atoms with van der Waals surface area (Å²) in [5.74, 6) is 2.65. The van der Waals surface area contributed by atoms with E-state index in [4.69, 9.17) is 25.0 Å². The van der Waals surface area contributed by atoms with Crippen LogP contribution < -0.4 is 26.9 Å². The van der Waals surface area contributed by atoms with Gasteiger partial charge in [0.25, 0.3) is 0 Å². The van der Waals surface area contributed by atoms with Gasteiger partial charge in [0.15, 0.2) is 5.82 Å². The molecule has 0 radical (unpaired) electrons. The number of allylic oxidation sites excluding steroid dienone is 3.